The van der Waals surface area contributed by atoms with Gasteiger partial charge in [-0.2, -0.15) is 0 Å². The van der Waals surface area contributed by atoms with E-state index in [9.17, 15) is 14.0 Å². The number of nitrogens with zero attached hydrogens (tertiary/aromatic N) is 5. The van der Waals surface area contributed by atoms with Gasteiger partial charge in [0.05, 0.1) is 6.54 Å². The summed E-state index contributed by atoms with van der Waals surface area (Å²) in [5, 5.41) is 8.57. The van der Waals surface area contributed by atoms with Gasteiger partial charge in [-0.05, 0) is 36.8 Å². The highest BCUT2D eigenvalue weighted by molar-refractivity contribution is 5.79. The monoisotopic (exact) mass is 404 g/mol. The lowest BCUT2D eigenvalue weighted by Crippen LogP contribution is -2.29. The summed E-state index contributed by atoms with van der Waals surface area (Å²) < 4.78 is 18.2. The smallest absolute Gasteiger partial charge is 0.298 e. The van der Waals surface area contributed by atoms with Crippen LogP contribution in [-0.2, 0) is 13.6 Å². The zero-order valence-electron chi connectivity index (χ0n) is 16.3. The average molecular weight is 404 g/mol. The molecular weight excluding hydrogens is 387 g/mol. The number of aryl methyl sites for hydroxylation is 2. The van der Waals surface area contributed by atoms with Gasteiger partial charge in [0.25, 0.3) is 5.56 Å². The van der Waals surface area contributed by atoms with Gasteiger partial charge in [0.1, 0.15) is 5.82 Å². The molecule has 9 heteroatoms. The van der Waals surface area contributed by atoms with Gasteiger partial charge in [-0.15, -0.1) is 10.2 Å². The number of hydrogen-bond donors (Lipinski definition) is 1. The third-order valence-electron chi connectivity index (χ3n) is 5.16. The van der Waals surface area contributed by atoms with Crippen molar-refractivity contribution < 1.29 is 4.39 Å². The Labute approximate surface area is 168 Å². The second kappa shape index (κ2) is 6.51. The molecule has 0 radical (unpaired) electrons. The molecule has 0 bridgehead atoms. The van der Waals surface area contributed by atoms with Crippen molar-refractivity contribution in [1.82, 2.24) is 28.7 Å². The van der Waals surface area contributed by atoms with E-state index in [1.165, 1.54) is 16.7 Å². The summed E-state index contributed by atoms with van der Waals surface area (Å²) in [4.78, 5) is 27.5. The third kappa shape index (κ3) is 2.66. The maximum Gasteiger partial charge on any atom is 0.329 e. The molecule has 30 heavy (non-hydrogen) atoms. The van der Waals surface area contributed by atoms with Crippen LogP contribution in [0.15, 0.2) is 58.1 Å². The molecule has 0 spiro atoms. The lowest BCUT2D eigenvalue weighted by Gasteiger charge is -2.06. The Hall–Kier alpha value is -4.01. The molecule has 2 aromatic carbocycles. The Morgan fingerprint density at radius 3 is 2.57 bits per heavy atom. The zero-order valence-corrected chi connectivity index (χ0v) is 16.3. The van der Waals surface area contributed by atoms with Gasteiger partial charge in [0, 0.05) is 12.6 Å². The number of hydrogen-bond acceptors (Lipinski definition) is 4. The molecule has 3 aromatic heterocycles. The van der Waals surface area contributed by atoms with E-state index in [1.54, 1.807) is 28.1 Å². The second-order valence-corrected chi connectivity index (χ2v) is 7.23. The van der Waals surface area contributed by atoms with Gasteiger partial charge in [0.15, 0.2) is 17.0 Å². The van der Waals surface area contributed by atoms with Crippen molar-refractivity contribution in [2.24, 2.45) is 7.05 Å². The van der Waals surface area contributed by atoms with Gasteiger partial charge >= 0.3 is 5.69 Å². The summed E-state index contributed by atoms with van der Waals surface area (Å²) in [6.45, 7) is 2.37. The quantitative estimate of drug-likeness (QED) is 0.499. The maximum atomic E-state index is 13.4. The third-order valence-corrected chi connectivity index (χ3v) is 5.16. The highest BCUT2D eigenvalue weighted by Crippen LogP contribution is 2.25. The molecule has 0 unspecified atom stereocenters. The summed E-state index contributed by atoms with van der Waals surface area (Å²) in [6, 6.07) is 13.7. The Bertz CT molecular complexity index is 1540. The molecule has 1 N–H and O–H groups in total. The maximum absolute atomic E-state index is 13.4. The lowest BCUT2D eigenvalue weighted by molar-refractivity contribution is 0.628. The zero-order chi connectivity index (χ0) is 21.0. The van der Waals surface area contributed by atoms with E-state index in [1.807, 2.05) is 31.2 Å². The summed E-state index contributed by atoms with van der Waals surface area (Å²) in [5.74, 6) is 0.460. The first kappa shape index (κ1) is 18.0. The molecule has 5 rings (SSSR count). The lowest BCUT2D eigenvalue weighted by atomic mass is 10.1. The van der Waals surface area contributed by atoms with E-state index in [2.05, 4.69) is 15.2 Å². The summed E-state index contributed by atoms with van der Waals surface area (Å²) >= 11 is 0. The minimum absolute atomic E-state index is 0.312. The van der Waals surface area contributed by atoms with Gasteiger partial charge in [-0.1, -0.05) is 29.8 Å². The Kier molecular flexibility index (Phi) is 3.92. The van der Waals surface area contributed by atoms with E-state index in [4.69, 9.17) is 0 Å². The normalized spacial score (nSPS) is 11.6. The molecule has 3 heterocycles. The number of imidazole rings is 1. The topological polar surface area (TPSA) is 90.0 Å². The fourth-order valence-corrected chi connectivity index (χ4v) is 3.77. The molecule has 0 atom stereocenters. The van der Waals surface area contributed by atoms with E-state index < -0.39 is 11.2 Å². The standard InChI is InChI=1S/C21H17FN6O2/c1-12-4-3-5-13(10-12)11-27-16-18(29)23-21(30)26(2)19(16)28-17(24-25-20(27)28)14-6-8-15(22)9-7-14/h3-10H,11H2,1-2H3,(H,23,29,30). The Morgan fingerprint density at radius 2 is 1.83 bits per heavy atom. The van der Waals surface area contributed by atoms with Crippen molar-refractivity contribution in [1.29, 1.82) is 0 Å². The van der Waals surface area contributed by atoms with Crippen molar-refractivity contribution in [3.8, 4) is 11.4 Å². The first-order valence-electron chi connectivity index (χ1n) is 9.32. The van der Waals surface area contributed by atoms with Crippen LogP contribution in [0.25, 0.3) is 28.3 Å². The average Bonchev–Trinajstić information content (AvgIpc) is 3.26. The predicted octanol–water partition coefficient (Wildman–Crippen LogP) is 2.23. The van der Waals surface area contributed by atoms with Crippen LogP contribution in [0.4, 0.5) is 4.39 Å². The number of halogens is 1. The van der Waals surface area contributed by atoms with Crippen LogP contribution in [0.2, 0.25) is 0 Å². The summed E-state index contributed by atoms with van der Waals surface area (Å²) in [5.41, 5.74) is 2.33. The SMILES string of the molecule is Cc1cccc(Cn2c3c(=O)[nH]c(=O)n(C)c3n3c(-c4ccc(F)cc4)nnc23)c1. The minimum Gasteiger partial charge on any atom is -0.298 e. The summed E-state index contributed by atoms with van der Waals surface area (Å²) in [6.07, 6.45) is 0. The molecule has 0 saturated carbocycles. The molecule has 150 valence electrons. The molecule has 0 aliphatic heterocycles. The first-order valence-corrected chi connectivity index (χ1v) is 9.32. The number of H-pyrrole nitrogens is 1. The van der Waals surface area contributed by atoms with Crippen LogP contribution in [0, 0.1) is 12.7 Å². The largest absolute Gasteiger partial charge is 0.329 e. The molecule has 0 saturated heterocycles. The van der Waals surface area contributed by atoms with Crippen molar-refractivity contribution >= 4 is 16.9 Å². The first-order chi connectivity index (χ1) is 14.4. The van der Waals surface area contributed by atoms with E-state index in [-0.39, 0.29) is 5.82 Å². The molecule has 0 aliphatic carbocycles. The molecule has 0 amide bonds. The number of rotatable bonds is 3. The van der Waals surface area contributed by atoms with Gasteiger partial charge in [0.2, 0.25) is 5.78 Å². The van der Waals surface area contributed by atoms with Crippen LogP contribution in [0.5, 0.6) is 0 Å². The molecule has 8 nitrogen and oxygen atoms in total. The van der Waals surface area contributed by atoms with Crippen molar-refractivity contribution in [2.45, 2.75) is 13.5 Å². The van der Waals surface area contributed by atoms with Crippen molar-refractivity contribution in [2.75, 3.05) is 0 Å². The van der Waals surface area contributed by atoms with Crippen LogP contribution < -0.4 is 11.2 Å². The predicted molar refractivity (Wildman–Crippen MR) is 110 cm³/mol. The molecule has 0 aliphatic rings. The van der Waals surface area contributed by atoms with Crippen molar-refractivity contribution in [3.05, 3.63) is 86.3 Å². The van der Waals surface area contributed by atoms with Crippen LogP contribution in [0.1, 0.15) is 11.1 Å². The van der Waals surface area contributed by atoms with Crippen LogP contribution in [0.3, 0.4) is 0 Å². The molecule has 5 aromatic rings. The van der Waals surface area contributed by atoms with E-state index in [0.29, 0.717) is 34.9 Å². The van der Waals surface area contributed by atoms with Crippen LogP contribution >= 0.6 is 0 Å². The fraction of sp³-hybridized carbons (Fsp3) is 0.143. The number of nitrogens with one attached hydrogen (secondary N) is 1. The minimum atomic E-state index is -0.541. The molecular formula is C21H17FN6O2. The fourth-order valence-electron chi connectivity index (χ4n) is 3.77. The Morgan fingerprint density at radius 1 is 1.07 bits per heavy atom. The van der Waals surface area contributed by atoms with E-state index in [0.717, 1.165) is 11.1 Å². The van der Waals surface area contributed by atoms with Gasteiger partial charge in [-0.25, -0.2) is 13.6 Å². The van der Waals surface area contributed by atoms with Gasteiger partial charge in [-0.3, -0.25) is 18.9 Å². The Balaban J connectivity index is 1.88. The second-order valence-electron chi connectivity index (χ2n) is 7.23. The molecule has 0 fully saturated rings. The number of benzene rings is 2. The van der Waals surface area contributed by atoms with Crippen LogP contribution in [-0.4, -0.2) is 28.7 Å². The summed E-state index contributed by atoms with van der Waals surface area (Å²) in [7, 11) is 1.57. The highest BCUT2D eigenvalue weighted by atomic mass is 19.1. The number of aromatic amines is 1. The van der Waals surface area contributed by atoms with Gasteiger partial charge < -0.3 is 0 Å². The number of aromatic nitrogens is 6. The van der Waals surface area contributed by atoms with Crippen molar-refractivity contribution in [3.63, 3.8) is 0 Å². The highest BCUT2D eigenvalue weighted by Gasteiger charge is 2.23. The van der Waals surface area contributed by atoms with E-state index >= 15 is 0 Å². The number of fused-ring (bicyclic) bond motifs is 3.